The summed E-state index contributed by atoms with van der Waals surface area (Å²) in [5, 5.41) is 0. The molecule has 0 aromatic carbocycles. The second kappa shape index (κ2) is 2.68. The summed E-state index contributed by atoms with van der Waals surface area (Å²) >= 11 is 0. The summed E-state index contributed by atoms with van der Waals surface area (Å²) in [4.78, 5) is 11.3. The molecule has 2 rings (SSSR count). The summed E-state index contributed by atoms with van der Waals surface area (Å²) in [6, 6.07) is 0. The zero-order valence-corrected chi connectivity index (χ0v) is 8.57. The normalized spacial score (nSPS) is 51.9. The molecule has 2 fully saturated rings. The van der Waals surface area contributed by atoms with Gasteiger partial charge in [-0.05, 0) is 20.8 Å². The first kappa shape index (κ1) is 9.89. The lowest BCUT2D eigenvalue weighted by molar-refractivity contribution is -0.175. The van der Waals surface area contributed by atoms with Crippen LogP contribution in [0.15, 0.2) is 0 Å². The minimum Gasteiger partial charge on any atom is -0.367 e. The maximum absolute atomic E-state index is 11.3. The van der Waals surface area contributed by atoms with Crippen LogP contribution in [0.1, 0.15) is 20.8 Å². The van der Waals surface area contributed by atoms with Gasteiger partial charge in [0.25, 0.3) is 5.91 Å². The molecule has 2 N–H and O–H groups in total. The average Bonchev–Trinajstić information content (AvgIpc) is 2.47. The molecule has 80 valence electrons. The average molecular weight is 201 g/mol. The van der Waals surface area contributed by atoms with Gasteiger partial charge in [-0.3, -0.25) is 4.79 Å². The van der Waals surface area contributed by atoms with E-state index in [1.165, 1.54) is 0 Å². The number of carbonyl (C=O) groups excluding carboxylic acids is 1. The molecule has 2 heterocycles. The van der Waals surface area contributed by atoms with Crippen molar-refractivity contribution in [3.8, 4) is 0 Å². The van der Waals surface area contributed by atoms with Crippen molar-refractivity contribution in [3.63, 3.8) is 0 Å². The van der Waals surface area contributed by atoms with Crippen molar-refractivity contribution in [2.45, 2.75) is 44.4 Å². The molecule has 0 aromatic rings. The van der Waals surface area contributed by atoms with Gasteiger partial charge in [-0.15, -0.1) is 0 Å². The highest BCUT2D eigenvalue weighted by atomic mass is 16.8. The van der Waals surface area contributed by atoms with Crippen molar-refractivity contribution in [3.05, 3.63) is 0 Å². The van der Waals surface area contributed by atoms with Gasteiger partial charge in [-0.2, -0.15) is 0 Å². The first-order chi connectivity index (χ1) is 6.40. The van der Waals surface area contributed by atoms with Gasteiger partial charge < -0.3 is 19.9 Å². The lowest BCUT2D eigenvalue weighted by Gasteiger charge is -2.34. The standard InChI is InChI=1S/C9H15NO4/c1-5-13-6-4-12-9(3,7(10)11)8(6,2)14-5/h5-6H,4H2,1-3H3,(H2,10,11). The zero-order valence-electron chi connectivity index (χ0n) is 8.57. The van der Waals surface area contributed by atoms with Gasteiger partial charge in [-0.25, -0.2) is 0 Å². The van der Waals surface area contributed by atoms with E-state index < -0.39 is 17.1 Å². The van der Waals surface area contributed by atoms with Crippen LogP contribution in [0.2, 0.25) is 0 Å². The molecule has 0 aromatic heterocycles. The fraction of sp³-hybridized carbons (Fsp3) is 0.889. The van der Waals surface area contributed by atoms with E-state index in [1.54, 1.807) is 20.8 Å². The Hall–Kier alpha value is -0.650. The second-order valence-electron chi connectivity index (χ2n) is 4.13. The molecule has 14 heavy (non-hydrogen) atoms. The predicted octanol–water partition coefficient (Wildman–Crippen LogP) is -0.219. The molecule has 4 atom stereocenters. The molecule has 2 aliphatic rings. The van der Waals surface area contributed by atoms with Crippen molar-refractivity contribution >= 4 is 5.91 Å². The number of ether oxygens (including phenoxy) is 3. The third-order valence-corrected chi connectivity index (χ3v) is 3.32. The number of carbonyl (C=O) groups is 1. The second-order valence-corrected chi connectivity index (χ2v) is 4.13. The maximum atomic E-state index is 11.3. The lowest BCUT2D eigenvalue weighted by atomic mass is 9.83. The smallest absolute Gasteiger partial charge is 0.252 e. The molecule has 0 saturated carbocycles. The number of primary amides is 1. The molecule has 5 heteroatoms. The van der Waals surface area contributed by atoms with Crippen LogP contribution in [0.4, 0.5) is 0 Å². The van der Waals surface area contributed by atoms with Crippen molar-refractivity contribution in [2.24, 2.45) is 5.73 Å². The van der Waals surface area contributed by atoms with E-state index in [-0.39, 0.29) is 12.4 Å². The number of amides is 1. The minimum absolute atomic E-state index is 0.213. The highest BCUT2D eigenvalue weighted by molar-refractivity contribution is 5.85. The fourth-order valence-electron chi connectivity index (χ4n) is 2.13. The zero-order chi connectivity index (χ0) is 10.6. The van der Waals surface area contributed by atoms with Crippen LogP contribution in [0, 0.1) is 0 Å². The quantitative estimate of drug-likeness (QED) is 0.636. The highest BCUT2D eigenvalue weighted by Crippen LogP contribution is 2.45. The monoisotopic (exact) mass is 201 g/mol. The fourth-order valence-corrected chi connectivity index (χ4v) is 2.13. The predicted molar refractivity (Wildman–Crippen MR) is 47.4 cm³/mol. The first-order valence-electron chi connectivity index (χ1n) is 4.67. The van der Waals surface area contributed by atoms with Crippen LogP contribution < -0.4 is 5.73 Å². The van der Waals surface area contributed by atoms with E-state index in [2.05, 4.69) is 0 Å². The molecule has 0 radical (unpaired) electrons. The van der Waals surface area contributed by atoms with Gasteiger partial charge in [0.15, 0.2) is 11.9 Å². The van der Waals surface area contributed by atoms with E-state index >= 15 is 0 Å². The Morgan fingerprint density at radius 3 is 2.71 bits per heavy atom. The van der Waals surface area contributed by atoms with Gasteiger partial charge in [0, 0.05) is 0 Å². The van der Waals surface area contributed by atoms with Crippen molar-refractivity contribution in [1.82, 2.24) is 0 Å². The van der Waals surface area contributed by atoms with Crippen LogP contribution in [0.3, 0.4) is 0 Å². The number of hydrogen-bond donors (Lipinski definition) is 1. The number of rotatable bonds is 1. The summed E-state index contributed by atoms with van der Waals surface area (Å²) in [6.45, 7) is 5.60. The Kier molecular flexibility index (Phi) is 1.90. The highest BCUT2D eigenvalue weighted by Gasteiger charge is 2.65. The Balaban J connectivity index is 2.36. The molecule has 2 saturated heterocycles. The Labute approximate surface area is 82.5 Å². The molecule has 0 spiro atoms. The van der Waals surface area contributed by atoms with Gasteiger partial charge in [-0.1, -0.05) is 0 Å². The van der Waals surface area contributed by atoms with Crippen molar-refractivity contribution < 1.29 is 19.0 Å². The molecule has 5 nitrogen and oxygen atoms in total. The Bertz CT molecular complexity index is 282. The van der Waals surface area contributed by atoms with Gasteiger partial charge >= 0.3 is 0 Å². The van der Waals surface area contributed by atoms with Gasteiger partial charge in [0.05, 0.1) is 6.61 Å². The first-order valence-corrected chi connectivity index (χ1v) is 4.67. The summed E-state index contributed by atoms with van der Waals surface area (Å²) < 4.78 is 16.5. The Morgan fingerprint density at radius 1 is 1.50 bits per heavy atom. The summed E-state index contributed by atoms with van der Waals surface area (Å²) in [7, 11) is 0. The molecule has 4 unspecified atom stereocenters. The van der Waals surface area contributed by atoms with E-state index in [4.69, 9.17) is 19.9 Å². The molecule has 1 amide bonds. The van der Waals surface area contributed by atoms with E-state index in [0.717, 1.165) is 0 Å². The van der Waals surface area contributed by atoms with Gasteiger partial charge in [0.2, 0.25) is 0 Å². The maximum Gasteiger partial charge on any atom is 0.252 e. The van der Waals surface area contributed by atoms with Crippen LogP contribution in [-0.2, 0) is 19.0 Å². The van der Waals surface area contributed by atoms with E-state index in [1.807, 2.05) is 0 Å². The van der Waals surface area contributed by atoms with E-state index in [0.29, 0.717) is 6.61 Å². The SMILES string of the molecule is CC1OC2COC(C)(C(N)=O)C2(C)O1. The molecule has 2 aliphatic heterocycles. The van der Waals surface area contributed by atoms with E-state index in [9.17, 15) is 4.79 Å². The van der Waals surface area contributed by atoms with Crippen LogP contribution in [0.5, 0.6) is 0 Å². The molecular weight excluding hydrogens is 186 g/mol. The minimum atomic E-state index is -1.09. The third-order valence-electron chi connectivity index (χ3n) is 3.32. The summed E-state index contributed by atoms with van der Waals surface area (Å²) in [6.07, 6.45) is -0.525. The van der Waals surface area contributed by atoms with Crippen molar-refractivity contribution in [2.75, 3.05) is 6.61 Å². The number of hydrogen-bond acceptors (Lipinski definition) is 4. The van der Waals surface area contributed by atoms with Crippen molar-refractivity contribution in [1.29, 1.82) is 0 Å². The van der Waals surface area contributed by atoms with Crippen LogP contribution >= 0.6 is 0 Å². The summed E-state index contributed by atoms with van der Waals surface area (Å²) in [5.41, 5.74) is 3.46. The largest absolute Gasteiger partial charge is 0.367 e. The number of nitrogens with two attached hydrogens (primary N) is 1. The number of fused-ring (bicyclic) bond motifs is 1. The summed E-state index contributed by atoms with van der Waals surface area (Å²) in [5.74, 6) is -0.514. The van der Waals surface area contributed by atoms with Crippen LogP contribution in [-0.4, -0.2) is 36.1 Å². The molecule has 0 aliphatic carbocycles. The molecule has 0 bridgehead atoms. The van der Waals surface area contributed by atoms with Gasteiger partial charge in [0.1, 0.15) is 11.7 Å². The topological polar surface area (TPSA) is 70.8 Å². The third kappa shape index (κ3) is 0.973. The van der Waals surface area contributed by atoms with Crippen LogP contribution in [0.25, 0.3) is 0 Å². The lowest BCUT2D eigenvalue weighted by Crippen LogP contribution is -2.58. The Morgan fingerprint density at radius 2 is 2.14 bits per heavy atom. The molecular formula is C9H15NO4.